The average molecular weight is 315 g/mol. The standard InChI is InChI=1S/C17H17NO5/c1-11(23-17(21)12-7-3-5-9-14(12)19)16(20)18-13-8-4-6-10-15(13)22-2/h3-11,19H,1-2H3,(H,18,20)/t11-/m1/s1. The zero-order valence-electron chi connectivity index (χ0n) is 12.8. The van der Waals surface area contributed by atoms with E-state index in [2.05, 4.69) is 5.32 Å². The fourth-order valence-electron chi connectivity index (χ4n) is 1.91. The Hall–Kier alpha value is -3.02. The van der Waals surface area contributed by atoms with Gasteiger partial charge in [0.1, 0.15) is 17.1 Å². The smallest absolute Gasteiger partial charge is 0.342 e. The van der Waals surface area contributed by atoms with Gasteiger partial charge in [0.05, 0.1) is 12.8 Å². The van der Waals surface area contributed by atoms with Gasteiger partial charge in [0, 0.05) is 0 Å². The maximum absolute atomic E-state index is 12.1. The minimum Gasteiger partial charge on any atom is -0.507 e. The van der Waals surface area contributed by atoms with Crippen molar-refractivity contribution in [2.45, 2.75) is 13.0 Å². The molecule has 2 N–H and O–H groups in total. The monoisotopic (exact) mass is 315 g/mol. The van der Waals surface area contributed by atoms with E-state index in [9.17, 15) is 14.7 Å². The third-order valence-electron chi connectivity index (χ3n) is 3.14. The highest BCUT2D eigenvalue weighted by Crippen LogP contribution is 2.23. The first-order valence-electron chi connectivity index (χ1n) is 6.95. The summed E-state index contributed by atoms with van der Waals surface area (Å²) in [6, 6.07) is 12.9. The van der Waals surface area contributed by atoms with E-state index in [1.807, 2.05) is 0 Å². The molecule has 0 fully saturated rings. The van der Waals surface area contributed by atoms with E-state index >= 15 is 0 Å². The Morgan fingerprint density at radius 1 is 1.09 bits per heavy atom. The minimum absolute atomic E-state index is 0.00411. The summed E-state index contributed by atoms with van der Waals surface area (Å²) in [5.41, 5.74) is 0.481. The van der Waals surface area contributed by atoms with Crippen molar-refractivity contribution in [3.63, 3.8) is 0 Å². The Bertz CT molecular complexity index is 714. The van der Waals surface area contributed by atoms with Gasteiger partial charge in [0.25, 0.3) is 5.91 Å². The largest absolute Gasteiger partial charge is 0.507 e. The summed E-state index contributed by atoms with van der Waals surface area (Å²) >= 11 is 0. The SMILES string of the molecule is COc1ccccc1NC(=O)[C@@H](C)OC(=O)c1ccccc1O. The third-order valence-corrected chi connectivity index (χ3v) is 3.14. The molecule has 0 heterocycles. The topological polar surface area (TPSA) is 84.9 Å². The van der Waals surface area contributed by atoms with E-state index in [1.165, 1.54) is 26.2 Å². The zero-order chi connectivity index (χ0) is 16.8. The fourth-order valence-corrected chi connectivity index (χ4v) is 1.91. The van der Waals surface area contributed by atoms with Crippen LogP contribution in [-0.4, -0.2) is 30.2 Å². The van der Waals surface area contributed by atoms with Crippen LogP contribution in [0.5, 0.6) is 11.5 Å². The summed E-state index contributed by atoms with van der Waals surface area (Å²) in [6.07, 6.45) is -1.04. The Morgan fingerprint density at radius 3 is 2.43 bits per heavy atom. The van der Waals surface area contributed by atoms with E-state index < -0.39 is 18.0 Å². The summed E-state index contributed by atoms with van der Waals surface area (Å²) in [5.74, 6) is -0.973. The van der Waals surface area contributed by atoms with E-state index in [4.69, 9.17) is 9.47 Å². The molecule has 0 radical (unpaired) electrons. The van der Waals surface area contributed by atoms with E-state index in [0.717, 1.165) is 0 Å². The molecule has 0 spiro atoms. The van der Waals surface area contributed by atoms with Gasteiger partial charge in [-0.25, -0.2) is 4.79 Å². The number of carbonyl (C=O) groups excluding carboxylic acids is 2. The molecule has 0 saturated heterocycles. The number of esters is 1. The molecule has 0 aliphatic carbocycles. The highest BCUT2D eigenvalue weighted by Gasteiger charge is 2.21. The van der Waals surface area contributed by atoms with Gasteiger partial charge >= 0.3 is 5.97 Å². The molecule has 6 nitrogen and oxygen atoms in total. The highest BCUT2D eigenvalue weighted by molar-refractivity contribution is 5.98. The number of aromatic hydroxyl groups is 1. The van der Waals surface area contributed by atoms with Crippen molar-refractivity contribution in [2.75, 3.05) is 12.4 Å². The average Bonchev–Trinajstić information content (AvgIpc) is 2.55. The van der Waals surface area contributed by atoms with Crippen molar-refractivity contribution in [2.24, 2.45) is 0 Å². The maximum Gasteiger partial charge on any atom is 0.342 e. The quantitative estimate of drug-likeness (QED) is 0.828. The molecule has 0 unspecified atom stereocenters. The molecule has 0 aliphatic heterocycles. The van der Waals surface area contributed by atoms with E-state index in [1.54, 1.807) is 36.4 Å². The van der Waals surface area contributed by atoms with E-state index in [-0.39, 0.29) is 11.3 Å². The lowest BCUT2D eigenvalue weighted by Gasteiger charge is -2.15. The molecular formula is C17H17NO5. The van der Waals surface area contributed by atoms with Gasteiger partial charge in [-0.3, -0.25) is 4.79 Å². The van der Waals surface area contributed by atoms with Crippen molar-refractivity contribution in [1.82, 2.24) is 0 Å². The first-order valence-corrected chi connectivity index (χ1v) is 6.95. The van der Waals surface area contributed by atoms with Crippen LogP contribution >= 0.6 is 0 Å². The molecule has 0 saturated carbocycles. The number of phenols is 1. The number of phenolic OH excluding ortho intramolecular Hbond substituents is 1. The summed E-state index contributed by atoms with van der Waals surface area (Å²) in [7, 11) is 1.49. The number of rotatable bonds is 5. The summed E-state index contributed by atoms with van der Waals surface area (Å²) in [5, 5.41) is 12.2. The van der Waals surface area contributed by atoms with Gasteiger partial charge in [-0.1, -0.05) is 24.3 Å². The first kappa shape index (κ1) is 16.4. The fraction of sp³-hybridized carbons (Fsp3) is 0.176. The number of benzene rings is 2. The Morgan fingerprint density at radius 2 is 1.74 bits per heavy atom. The number of methoxy groups -OCH3 is 1. The number of hydrogen-bond acceptors (Lipinski definition) is 5. The number of carbonyl (C=O) groups is 2. The molecule has 0 aliphatic rings. The second-order valence-electron chi connectivity index (χ2n) is 4.75. The van der Waals surface area contributed by atoms with Crippen LogP contribution in [0.25, 0.3) is 0 Å². The van der Waals surface area contributed by atoms with Gasteiger partial charge in [0.15, 0.2) is 6.10 Å². The van der Waals surface area contributed by atoms with Gasteiger partial charge in [-0.05, 0) is 31.2 Å². The number of nitrogens with one attached hydrogen (secondary N) is 1. The van der Waals surface area contributed by atoms with Crippen LogP contribution in [0.15, 0.2) is 48.5 Å². The predicted octanol–water partition coefficient (Wildman–Crippen LogP) is 2.58. The molecule has 1 atom stereocenters. The van der Waals surface area contributed by atoms with Crippen LogP contribution < -0.4 is 10.1 Å². The van der Waals surface area contributed by atoms with Crippen molar-refractivity contribution in [3.05, 3.63) is 54.1 Å². The molecule has 1 amide bonds. The van der Waals surface area contributed by atoms with Crippen LogP contribution in [0.1, 0.15) is 17.3 Å². The number of amides is 1. The lowest BCUT2D eigenvalue weighted by Crippen LogP contribution is -2.30. The van der Waals surface area contributed by atoms with Crippen LogP contribution in [0.4, 0.5) is 5.69 Å². The summed E-state index contributed by atoms with van der Waals surface area (Å²) in [6.45, 7) is 1.45. The summed E-state index contributed by atoms with van der Waals surface area (Å²) < 4.78 is 10.2. The van der Waals surface area contributed by atoms with Gasteiger partial charge in [0.2, 0.25) is 0 Å². The second kappa shape index (κ2) is 7.31. The lowest BCUT2D eigenvalue weighted by molar-refractivity contribution is -0.123. The number of para-hydroxylation sites is 3. The lowest BCUT2D eigenvalue weighted by atomic mass is 10.2. The minimum atomic E-state index is -1.04. The van der Waals surface area contributed by atoms with Crippen molar-refractivity contribution in [3.8, 4) is 11.5 Å². The van der Waals surface area contributed by atoms with E-state index in [0.29, 0.717) is 11.4 Å². The molecular weight excluding hydrogens is 298 g/mol. The molecule has 120 valence electrons. The number of ether oxygens (including phenoxy) is 2. The van der Waals surface area contributed by atoms with Gasteiger partial charge in [-0.2, -0.15) is 0 Å². The van der Waals surface area contributed by atoms with Crippen LogP contribution in [0.3, 0.4) is 0 Å². The Labute approximate surface area is 133 Å². The molecule has 0 bridgehead atoms. The normalized spacial score (nSPS) is 11.4. The zero-order valence-corrected chi connectivity index (χ0v) is 12.8. The Kier molecular flexibility index (Phi) is 5.19. The van der Waals surface area contributed by atoms with Crippen molar-refractivity contribution >= 4 is 17.6 Å². The molecule has 2 rings (SSSR count). The molecule has 0 aromatic heterocycles. The van der Waals surface area contributed by atoms with Crippen molar-refractivity contribution < 1.29 is 24.2 Å². The number of anilines is 1. The molecule has 23 heavy (non-hydrogen) atoms. The molecule has 2 aromatic carbocycles. The predicted molar refractivity (Wildman–Crippen MR) is 84.6 cm³/mol. The van der Waals surface area contributed by atoms with Crippen LogP contribution in [0.2, 0.25) is 0 Å². The van der Waals surface area contributed by atoms with Crippen LogP contribution in [-0.2, 0) is 9.53 Å². The number of hydrogen-bond donors (Lipinski definition) is 2. The van der Waals surface area contributed by atoms with Crippen molar-refractivity contribution in [1.29, 1.82) is 0 Å². The maximum atomic E-state index is 12.1. The molecule has 6 heteroatoms. The third kappa shape index (κ3) is 4.00. The summed E-state index contributed by atoms with van der Waals surface area (Å²) in [4.78, 5) is 24.1. The molecule has 2 aromatic rings. The van der Waals surface area contributed by atoms with Gasteiger partial charge < -0.3 is 19.9 Å². The highest BCUT2D eigenvalue weighted by atomic mass is 16.5. The Balaban J connectivity index is 2.03. The second-order valence-corrected chi connectivity index (χ2v) is 4.75. The van der Waals surface area contributed by atoms with Crippen LogP contribution in [0, 0.1) is 0 Å². The van der Waals surface area contributed by atoms with Gasteiger partial charge in [-0.15, -0.1) is 0 Å². The first-order chi connectivity index (χ1) is 11.0.